The summed E-state index contributed by atoms with van der Waals surface area (Å²) < 4.78 is 5.54. The van der Waals surface area contributed by atoms with Crippen molar-refractivity contribution in [2.24, 2.45) is 0 Å². The zero-order valence-electron chi connectivity index (χ0n) is 18.7. The van der Waals surface area contributed by atoms with Crippen LogP contribution in [-0.4, -0.2) is 69.2 Å². The van der Waals surface area contributed by atoms with Gasteiger partial charge in [-0.1, -0.05) is 31.4 Å². The van der Waals surface area contributed by atoms with Crippen LogP contribution in [0.15, 0.2) is 18.2 Å². The summed E-state index contributed by atoms with van der Waals surface area (Å²) in [5.74, 6) is -1.03. The Morgan fingerprint density at radius 2 is 1.84 bits per heavy atom. The van der Waals surface area contributed by atoms with Gasteiger partial charge in [0.25, 0.3) is 0 Å². The molecule has 2 N–H and O–H groups in total. The minimum absolute atomic E-state index is 0.0351. The van der Waals surface area contributed by atoms with Crippen molar-refractivity contribution in [2.45, 2.75) is 57.0 Å². The molecule has 7 nitrogen and oxygen atoms in total. The van der Waals surface area contributed by atoms with E-state index in [4.69, 9.17) is 4.74 Å². The molecule has 0 radical (unpaired) electrons. The lowest BCUT2D eigenvalue weighted by atomic mass is 9.95. The van der Waals surface area contributed by atoms with Gasteiger partial charge in [-0.15, -0.1) is 0 Å². The first kappa shape index (κ1) is 22.1. The van der Waals surface area contributed by atoms with E-state index in [9.17, 15) is 9.59 Å². The molecule has 1 aromatic rings. The molecule has 0 spiro atoms. The van der Waals surface area contributed by atoms with Gasteiger partial charge in [-0.25, -0.2) is 0 Å². The Labute approximate surface area is 185 Å². The number of carbonyl (C=O) groups is 2. The summed E-state index contributed by atoms with van der Waals surface area (Å²) in [6.07, 6.45) is 7.65. The summed E-state index contributed by atoms with van der Waals surface area (Å²) in [5.41, 5.74) is 3.86. The third-order valence-electron chi connectivity index (χ3n) is 6.93. The number of hydrogen-bond donors (Lipinski definition) is 2. The fraction of sp³-hybridized carbons (Fsp3) is 0.667. The first-order valence-corrected chi connectivity index (χ1v) is 11.9. The van der Waals surface area contributed by atoms with E-state index in [1.54, 1.807) is 0 Å². The van der Waals surface area contributed by atoms with Gasteiger partial charge in [0.1, 0.15) is 0 Å². The van der Waals surface area contributed by atoms with Crippen molar-refractivity contribution < 1.29 is 14.3 Å². The molecule has 0 aromatic heterocycles. The number of benzene rings is 1. The van der Waals surface area contributed by atoms with Crippen molar-refractivity contribution in [3.8, 4) is 0 Å². The van der Waals surface area contributed by atoms with Crippen LogP contribution in [0.2, 0.25) is 0 Å². The molecule has 0 unspecified atom stereocenters. The lowest BCUT2D eigenvalue weighted by molar-refractivity contribution is -0.140. The summed E-state index contributed by atoms with van der Waals surface area (Å²) >= 11 is 0. The topological polar surface area (TPSA) is 73.9 Å². The van der Waals surface area contributed by atoms with E-state index in [0.29, 0.717) is 19.8 Å². The highest BCUT2D eigenvalue weighted by Gasteiger charge is 2.27. The van der Waals surface area contributed by atoms with Crippen LogP contribution in [0.1, 0.15) is 55.7 Å². The van der Waals surface area contributed by atoms with E-state index in [2.05, 4.69) is 45.7 Å². The standard InChI is InChI=1S/C24H36N4O3/c1-27-11-5-6-18-16-19(9-10-21(18)27)22(28-12-14-31-15-13-28)17-25-23(29)24(30)26-20-7-3-2-4-8-20/h9-10,16,20,22H,2-8,11-15,17H2,1H3,(H,25,29)(H,26,30)/t22-/m0/s1. The number of nitrogens with one attached hydrogen (secondary N) is 2. The molecule has 1 aliphatic carbocycles. The number of nitrogens with zero attached hydrogens (tertiary/aromatic N) is 2. The number of amides is 2. The smallest absolute Gasteiger partial charge is 0.309 e. The number of fused-ring (bicyclic) bond motifs is 1. The number of morpholine rings is 1. The molecule has 31 heavy (non-hydrogen) atoms. The number of anilines is 1. The number of rotatable bonds is 5. The van der Waals surface area contributed by atoms with E-state index in [0.717, 1.165) is 58.2 Å². The van der Waals surface area contributed by atoms with E-state index in [1.807, 2.05) is 0 Å². The van der Waals surface area contributed by atoms with Gasteiger partial charge in [0.05, 0.1) is 19.3 Å². The van der Waals surface area contributed by atoms with Crippen molar-refractivity contribution in [3.05, 3.63) is 29.3 Å². The highest BCUT2D eigenvalue weighted by molar-refractivity contribution is 6.35. The van der Waals surface area contributed by atoms with Gasteiger partial charge in [-0.3, -0.25) is 14.5 Å². The third kappa shape index (κ3) is 5.57. The Hall–Kier alpha value is -2.12. The van der Waals surface area contributed by atoms with Crippen LogP contribution in [0.25, 0.3) is 0 Å². The van der Waals surface area contributed by atoms with Gasteiger partial charge >= 0.3 is 11.8 Å². The van der Waals surface area contributed by atoms with E-state index in [1.165, 1.54) is 23.2 Å². The quantitative estimate of drug-likeness (QED) is 0.702. The Morgan fingerprint density at radius 1 is 1.06 bits per heavy atom. The van der Waals surface area contributed by atoms with Crippen molar-refractivity contribution in [1.29, 1.82) is 0 Å². The van der Waals surface area contributed by atoms with Crippen LogP contribution in [0.4, 0.5) is 5.69 Å². The highest BCUT2D eigenvalue weighted by Crippen LogP contribution is 2.31. The molecular formula is C24H36N4O3. The van der Waals surface area contributed by atoms with Crippen molar-refractivity contribution in [1.82, 2.24) is 15.5 Å². The van der Waals surface area contributed by atoms with E-state index in [-0.39, 0.29) is 12.1 Å². The number of ether oxygens (including phenoxy) is 1. The molecular weight excluding hydrogens is 392 g/mol. The second kappa shape index (κ2) is 10.5. The fourth-order valence-corrected chi connectivity index (χ4v) is 5.13. The van der Waals surface area contributed by atoms with Gasteiger partial charge in [-0.2, -0.15) is 0 Å². The highest BCUT2D eigenvalue weighted by atomic mass is 16.5. The SMILES string of the molecule is CN1CCCc2cc([C@H](CNC(=O)C(=O)NC3CCCCC3)N3CCOCC3)ccc21. The summed E-state index contributed by atoms with van der Waals surface area (Å²) in [7, 11) is 2.14. The first-order valence-electron chi connectivity index (χ1n) is 11.9. The molecule has 2 heterocycles. The normalized spacial score (nSPS) is 21.3. The predicted molar refractivity (Wildman–Crippen MR) is 121 cm³/mol. The lowest BCUT2D eigenvalue weighted by Gasteiger charge is -2.36. The van der Waals surface area contributed by atoms with E-state index >= 15 is 0 Å². The maximum absolute atomic E-state index is 12.5. The Kier molecular flexibility index (Phi) is 7.45. The van der Waals surface area contributed by atoms with Gasteiger partial charge in [0, 0.05) is 45.0 Å². The summed E-state index contributed by atoms with van der Waals surface area (Å²) in [6.45, 7) is 4.55. The van der Waals surface area contributed by atoms with Crippen LogP contribution in [0.3, 0.4) is 0 Å². The molecule has 2 fully saturated rings. The predicted octanol–water partition coefficient (Wildman–Crippen LogP) is 2.01. The second-order valence-electron chi connectivity index (χ2n) is 9.10. The summed E-state index contributed by atoms with van der Waals surface area (Å²) in [5, 5.41) is 5.83. The molecule has 170 valence electrons. The maximum atomic E-state index is 12.5. The summed E-state index contributed by atoms with van der Waals surface area (Å²) in [6, 6.07) is 6.84. The minimum atomic E-state index is -0.526. The molecule has 1 saturated carbocycles. The monoisotopic (exact) mass is 428 g/mol. The van der Waals surface area contributed by atoms with Crippen LogP contribution < -0.4 is 15.5 Å². The zero-order valence-corrected chi connectivity index (χ0v) is 18.7. The molecule has 3 aliphatic rings. The molecule has 4 rings (SSSR count). The lowest BCUT2D eigenvalue weighted by Crippen LogP contribution is -2.48. The zero-order chi connectivity index (χ0) is 21.6. The van der Waals surface area contributed by atoms with Gasteiger partial charge in [0.15, 0.2) is 0 Å². The Morgan fingerprint density at radius 3 is 2.61 bits per heavy atom. The number of aryl methyl sites for hydroxylation is 1. The van der Waals surface area contributed by atoms with Crippen molar-refractivity contribution in [2.75, 3.05) is 51.3 Å². The average molecular weight is 429 g/mol. The summed E-state index contributed by atoms with van der Waals surface area (Å²) in [4.78, 5) is 29.6. The van der Waals surface area contributed by atoms with Crippen molar-refractivity contribution in [3.63, 3.8) is 0 Å². The number of carbonyl (C=O) groups excluding carboxylic acids is 2. The Bertz CT molecular complexity index is 772. The molecule has 1 saturated heterocycles. The van der Waals surface area contributed by atoms with Gasteiger partial charge in [-0.05, 0) is 42.9 Å². The molecule has 2 amide bonds. The second-order valence-corrected chi connectivity index (χ2v) is 9.10. The average Bonchev–Trinajstić information content (AvgIpc) is 2.80. The fourth-order valence-electron chi connectivity index (χ4n) is 5.13. The molecule has 1 aromatic carbocycles. The number of hydrogen-bond acceptors (Lipinski definition) is 5. The molecule has 0 bridgehead atoms. The third-order valence-corrected chi connectivity index (χ3v) is 6.93. The van der Waals surface area contributed by atoms with Gasteiger partial charge < -0.3 is 20.3 Å². The Balaban J connectivity index is 1.43. The van der Waals surface area contributed by atoms with Crippen molar-refractivity contribution >= 4 is 17.5 Å². The van der Waals surface area contributed by atoms with E-state index < -0.39 is 11.8 Å². The first-order chi connectivity index (χ1) is 15.1. The van der Waals surface area contributed by atoms with Crippen LogP contribution >= 0.6 is 0 Å². The molecule has 1 atom stereocenters. The maximum Gasteiger partial charge on any atom is 0.309 e. The largest absolute Gasteiger partial charge is 0.379 e. The van der Waals surface area contributed by atoms with Crippen LogP contribution in [0, 0.1) is 0 Å². The van der Waals surface area contributed by atoms with Crippen LogP contribution in [0.5, 0.6) is 0 Å². The van der Waals surface area contributed by atoms with Gasteiger partial charge in [0.2, 0.25) is 0 Å². The molecule has 2 aliphatic heterocycles. The minimum Gasteiger partial charge on any atom is -0.379 e. The molecule has 7 heteroatoms. The van der Waals surface area contributed by atoms with Crippen LogP contribution in [-0.2, 0) is 20.7 Å².